The Morgan fingerprint density at radius 3 is 1.38 bits per heavy atom. The molecule has 0 aliphatic heterocycles. The lowest BCUT2D eigenvalue weighted by molar-refractivity contribution is -0.152. The molecule has 13 nitrogen and oxygen atoms in total. The van der Waals surface area contributed by atoms with Gasteiger partial charge < -0.3 is 38.1 Å². The molecular weight excluding hydrogens is 1200 g/mol. The number of allylic oxidation sites excluding steroid dienone is 2. The lowest BCUT2D eigenvalue weighted by Crippen LogP contribution is -2.51. The van der Waals surface area contributed by atoms with E-state index in [1.807, 2.05) is 0 Å². The fraction of sp³-hybridized carbons (Fsp3) is 0.892. The van der Waals surface area contributed by atoms with Crippen molar-refractivity contribution < 1.29 is 57.1 Å². The van der Waals surface area contributed by atoms with E-state index in [9.17, 15) is 24.0 Å². The molecular formula is C83H139NO12. The van der Waals surface area contributed by atoms with Crippen LogP contribution in [0.2, 0.25) is 0 Å². The summed E-state index contributed by atoms with van der Waals surface area (Å²) in [6.07, 6.45) is 39.3. The summed E-state index contributed by atoms with van der Waals surface area (Å²) < 4.78 is 39.8. The van der Waals surface area contributed by atoms with Gasteiger partial charge in [0.25, 0.3) is 0 Å². The first kappa shape index (κ1) is 78.1. The first-order valence-electron chi connectivity index (χ1n) is 40.3. The maximum atomic E-state index is 13.2. The largest absolute Gasteiger partial charge is 0.508 e. The normalized spacial score (nSPS) is 32.2. The van der Waals surface area contributed by atoms with E-state index >= 15 is 0 Å². The van der Waals surface area contributed by atoms with Crippen LogP contribution < -0.4 is 0 Å². The maximum absolute atomic E-state index is 13.2. The second kappa shape index (κ2) is 37.4. The Kier molecular flexibility index (Phi) is 30.4. The molecule has 0 N–H and O–H groups in total. The minimum absolute atomic E-state index is 0.0423. The number of unbranched alkanes of at least 4 members (excludes halogenated alkanes) is 7. The standard InChI is InChI=1S/C83H139NO12/c1-13-84(14-2)50-26-52-90-78(88)94-57-62(56-93-76(86)32-21-17-18-22-33-77(87)95-65-42-46-80(9)63(53-65)34-36-67-71-40-38-69(60(7)29-24-27-58(3)4)82(71,11)48-44-73(67)80)55-92-75(85)31-20-16-15-19-23-51-91-79(89)96-66-43-47-81(10)64(54-66)35-37-68-72-41-39-70(61(8)30-25-28-59(5)6)83(72,12)49-45-74(68)81/h34-35,58-62,65-74H,13-33,36-57H2,1-12H3/t60-,61-,62?,65+,66+,67+,68+,69-,70-,71+,72+,73+,74+,80+,81+,82-,83-/m1/s1. The SMILES string of the molecule is CCN(CC)CCCOC(=O)OCC(COC(=O)CCCCCCCOC(=O)O[C@H]1CC[C@@]2(C)C(=CC[C@H]3[C@@H]4CC[C@H]([C@H](C)CCCC(C)C)[C@@]4(C)CC[C@@H]32)C1)COC(=O)CCCCCCC(=O)O[C@H]1CC[C@@]2(C)C(=CC[C@H]3[C@@H]4CC[C@H]([C@H](C)CCCC(C)C)[C@@]4(C)CC[C@@H]32)C1. The van der Waals surface area contributed by atoms with Crippen molar-refractivity contribution in [2.24, 2.45) is 98.6 Å². The van der Waals surface area contributed by atoms with Gasteiger partial charge >= 0.3 is 30.2 Å². The molecule has 548 valence electrons. The number of carbonyl (C=O) groups is 5. The van der Waals surface area contributed by atoms with E-state index in [1.165, 1.54) is 108 Å². The van der Waals surface area contributed by atoms with Crippen LogP contribution in [0.3, 0.4) is 0 Å². The number of hydrogen-bond acceptors (Lipinski definition) is 13. The van der Waals surface area contributed by atoms with Crippen LogP contribution in [0.15, 0.2) is 23.3 Å². The van der Waals surface area contributed by atoms with Crippen LogP contribution in [0.5, 0.6) is 0 Å². The molecule has 0 heterocycles. The lowest BCUT2D eigenvalue weighted by Gasteiger charge is -2.58. The third kappa shape index (κ3) is 20.8. The van der Waals surface area contributed by atoms with Gasteiger partial charge in [-0.3, -0.25) is 14.4 Å². The molecule has 0 aromatic carbocycles. The summed E-state index contributed by atoms with van der Waals surface area (Å²) in [5, 5.41) is 0. The molecule has 0 aromatic rings. The molecule has 17 atom stereocenters. The predicted molar refractivity (Wildman–Crippen MR) is 383 cm³/mol. The third-order valence-electron chi connectivity index (χ3n) is 27.5. The van der Waals surface area contributed by atoms with Gasteiger partial charge in [0.05, 0.1) is 19.1 Å². The van der Waals surface area contributed by atoms with Gasteiger partial charge in [-0.2, -0.15) is 0 Å². The van der Waals surface area contributed by atoms with E-state index in [1.54, 1.807) is 5.57 Å². The molecule has 0 aromatic heterocycles. The number of ether oxygens (including phenoxy) is 7. The van der Waals surface area contributed by atoms with E-state index < -0.39 is 18.2 Å². The van der Waals surface area contributed by atoms with E-state index in [0.29, 0.717) is 49.5 Å². The number of fused-ring (bicyclic) bond motifs is 10. The molecule has 6 fully saturated rings. The minimum Gasteiger partial charge on any atom is -0.465 e. The van der Waals surface area contributed by atoms with Crippen LogP contribution >= 0.6 is 0 Å². The summed E-state index contributed by atoms with van der Waals surface area (Å²) in [5.41, 5.74) is 4.44. The van der Waals surface area contributed by atoms with Gasteiger partial charge in [-0.25, -0.2) is 9.59 Å². The summed E-state index contributed by atoms with van der Waals surface area (Å²) in [4.78, 5) is 66.9. The highest BCUT2D eigenvalue weighted by atomic mass is 16.7. The zero-order chi connectivity index (χ0) is 69.0. The molecule has 0 amide bonds. The van der Waals surface area contributed by atoms with Gasteiger partial charge in [0.1, 0.15) is 32.0 Å². The quantitative estimate of drug-likeness (QED) is 0.0248. The maximum Gasteiger partial charge on any atom is 0.508 e. The van der Waals surface area contributed by atoms with Crippen molar-refractivity contribution in [1.29, 1.82) is 0 Å². The second-order valence-corrected chi connectivity index (χ2v) is 34.5. The Balaban J connectivity index is 0.669. The van der Waals surface area contributed by atoms with E-state index in [0.717, 1.165) is 168 Å². The monoisotopic (exact) mass is 1340 g/mol. The van der Waals surface area contributed by atoms with Crippen LogP contribution in [0.25, 0.3) is 0 Å². The Labute approximate surface area is 584 Å². The zero-order valence-electron chi connectivity index (χ0n) is 63.1. The number of carbonyl (C=O) groups excluding carboxylic acids is 5. The van der Waals surface area contributed by atoms with Gasteiger partial charge in [0, 0.05) is 38.6 Å². The average Bonchev–Trinajstić information content (AvgIpc) is 1.61. The summed E-state index contributed by atoms with van der Waals surface area (Å²) in [6, 6.07) is 0. The lowest BCUT2D eigenvalue weighted by atomic mass is 9.47. The number of nitrogens with zero attached hydrogens (tertiary/aromatic N) is 1. The second-order valence-electron chi connectivity index (χ2n) is 34.5. The smallest absolute Gasteiger partial charge is 0.465 e. The fourth-order valence-electron chi connectivity index (χ4n) is 21.8. The topological polar surface area (TPSA) is 153 Å². The first-order valence-corrected chi connectivity index (χ1v) is 40.3. The van der Waals surface area contributed by atoms with Crippen LogP contribution in [-0.2, 0) is 47.5 Å². The molecule has 6 saturated carbocycles. The molecule has 96 heavy (non-hydrogen) atoms. The number of rotatable bonds is 39. The van der Waals surface area contributed by atoms with E-state index in [2.05, 4.69) is 100 Å². The summed E-state index contributed by atoms with van der Waals surface area (Å²) in [6.45, 7) is 32.1. The molecule has 0 spiro atoms. The van der Waals surface area contributed by atoms with Crippen LogP contribution in [-0.4, -0.2) is 100.0 Å². The van der Waals surface area contributed by atoms with Gasteiger partial charge in [-0.05, 0) is 228 Å². The van der Waals surface area contributed by atoms with Crippen molar-refractivity contribution in [2.45, 2.75) is 320 Å². The van der Waals surface area contributed by atoms with Crippen molar-refractivity contribution in [3.63, 3.8) is 0 Å². The molecule has 0 bridgehead atoms. The highest BCUT2D eigenvalue weighted by molar-refractivity contribution is 5.70. The van der Waals surface area contributed by atoms with Gasteiger partial charge in [0.2, 0.25) is 0 Å². The fourth-order valence-corrected chi connectivity index (χ4v) is 21.8. The highest BCUT2D eigenvalue weighted by Gasteiger charge is 2.61. The highest BCUT2D eigenvalue weighted by Crippen LogP contribution is 2.69. The number of hydrogen-bond donors (Lipinski definition) is 0. The zero-order valence-corrected chi connectivity index (χ0v) is 63.1. The van der Waals surface area contributed by atoms with E-state index in [4.69, 9.17) is 33.2 Å². The van der Waals surface area contributed by atoms with Crippen molar-refractivity contribution in [3.8, 4) is 0 Å². The summed E-state index contributed by atoms with van der Waals surface area (Å²) in [5.74, 6) is 8.22. The first-order chi connectivity index (χ1) is 46.0. The van der Waals surface area contributed by atoms with Gasteiger partial charge in [0.15, 0.2) is 0 Å². The predicted octanol–water partition coefficient (Wildman–Crippen LogP) is 20.8. The van der Waals surface area contributed by atoms with Crippen molar-refractivity contribution in [2.75, 3.05) is 52.7 Å². The molecule has 8 aliphatic rings. The molecule has 0 radical (unpaired) electrons. The van der Waals surface area contributed by atoms with Crippen molar-refractivity contribution >= 4 is 30.2 Å². The summed E-state index contributed by atoms with van der Waals surface area (Å²) >= 11 is 0. The van der Waals surface area contributed by atoms with Crippen molar-refractivity contribution in [1.82, 2.24) is 4.90 Å². The Morgan fingerprint density at radius 2 is 0.885 bits per heavy atom. The minimum atomic E-state index is -0.807. The Bertz CT molecular complexity index is 2500. The third-order valence-corrected chi connectivity index (χ3v) is 27.5. The van der Waals surface area contributed by atoms with Gasteiger partial charge in [-0.15, -0.1) is 0 Å². The van der Waals surface area contributed by atoms with Crippen LogP contribution in [0.1, 0.15) is 308 Å². The molecule has 0 saturated heterocycles. The Hall–Kier alpha value is -3.61. The molecule has 8 rings (SSSR count). The molecule has 13 heteroatoms. The summed E-state index contributed by atoms with van der Waals surface area (Å²) in [7, 11) is 0. The van der Waals surface area contributed by atoms with Crippen LogP contribution in [0, 0.1) is 98.6 Å². The molecule has 8 aliphatic carbocycles. The Morgan fingerprint density at radius 1 is 0.448 bits per heavy atom. The van der Waals surface area contributed by atoms with Crippen LogP contribution in [0.4, 0.5) is 9.59 Å². The number of esters is 3. The average molecular weight is 1340 g/mol. The van der Waals surface area contributed by atoms with Gasteiger partial charge in [-0.1, -0.05) is 177 Å². The van der Waals surface area contributed by atoms with E-state index in [-0.39, 0.29) is 80.2 Å². The van der Waals surface area contributed by atoms with Crippen molar-refractivity contribution in [3.05, 3.63) is 23.3 Å². The molecule has 1 unspecified atom stereocenters.